The van der Waals surface area contributed by atoms with Crippen LogP contribution in [-0.2, 0) is 10.3 Å². The molecule has 24 heavy (non-hydrogen) atoms. The van der Waals surface area contributed by atoms with Crippen LogP contribution in [0.2, 0.25) is 0 Å². The minimum absolute atomic E-state index is 0.239. The molecule has 1 fully saturated rings. The van der Waals surface area contributed by atoms with E-state index in [1.807, 2.05) is 38.1 Å². The standard InChI is InChI=1S/C19H22O3.C2H6/c1-2-5-14-10-11-22-19(14,15-6-3-8-17(20)12-15)16-7-4-9-18(21)13-16;1-2/h3-4,6-9,12-14,20-21H,2,5,10-11H2,1H3;1-2H3. The van der Waals surface area contributed by atoms with E-state index in [0.29, 0.717) is 12.5 Å². The summed E-state index contributed by atoms with van der Waals surface area (Å²) >= 11 is 0. The smallest absolute Gasteiger partial charge is 0.121 e. The predicted octanol–water partition coefficient (Wildman–Crippen LogP) is 5.20. The third-order valence-electron chi connectivity index (χ3n) is 4.56. The van der Waals surface area contributed by atoms with Gasteiger partial charge in [0, 0.05) is 6.61 Å². The van der Waals surface area contributed by atoms with Crippen molar-refractivity contribution in [3.63, 3.8) is 0 Å². The van der Waals surface area contributed by atoms with Crippen LogP contribution in [0.5, 0.6) is 11.5 Å². The first kappa shape index (κ1) is 18.3. The first-order chi connectivity index (χ1) is 11.7. The fourth-order valence-corrected chi connectivity index (χ4v) is 3.66. The molecule has 0 amide bonds. The van der Waals surface area contributed by atoms with E-state index < -0.39 is 5.60 Å². The number of benzene rings is 2. The van der Waals surface area contributed by atoms with E-state index in [2.05, 4.69) is 6.92 Å². The molecule has 0 saturated carbocycles. The SMILES string of the molecule is CC.CCCC1CCOC1(c1cccc(O)c1)c1cccc(O)c1. The first-order valence-corrected chi connectivity index (χ1v) is 8.90. The molecule has 2 aromatic rings. The van der Waals surface area contributed by atoms with Crippen LogP contribution in [0.3, 0.4) is 0 Å². The van der Waals surface area contributed by atoms with E-state index in [1.165, 1.54) is 0 Å². The summed E-state index contributed by atoms with van der Waals surface area (Å²) in [5, 5.41) is 19.8. The Morgan fingerprint density at radius 3 is 2.00 bits per heavy atom. The Morgan fingerprint density at radius 2 is 1.54 bits per heavy atom. The third kappa shape index (κ3) is 3.41. The summed E-state index contributed by atoms with van der Waals surface area (Å²) in [5.41, 5.74) is 1.32. The maximum atomic E-state index is 9.90. The van der Waals surface area contributed by atoms with Crippen LogP contribution in [0.25, 0.3) is 0 Å². The second kappa shape index (κ2) is 8.20. The highest BCUT2D eigenvalue weighted by molar-refractivity contribution is 5.43. The molecule has 0 bridgehead atoms. The molecular weight excluding hydrogens is 300 g/mol. The molecule has 1 unspecified atom stereocenters. The summed E-state index contributed by atoms with van der Waals surface area (Å²) in [4.78, 5) is 0. The van der Waals surface area contributed by atoms with Crippen LogP contribution in [0.15, 0.2) is 48.5 Å². The molecule has 3 heteroatoms. The van der Waals surface area contributed by atoms with E-state index >= 15 is 0 Å². The number of ether oxygens (including phenoxy) is 1. The van der Waals surface area contributed by atoms with Gasteiger partial charge in [-0.25, -0.2) is 0 Å². The fraction of sp³-hybridized carbons (Fsp3) is 0.429. The van der Waals surface area contributed by atoms with E-state index in [4.69, 9.17) is 4.74 Å². The van der Waals surface area contributed by atoms with Crippen molar-refractivity contribution in [3.8, 4) is 11.5 Å². The Bertz CT molecular complexity index is 606. The van der Waals surface area contributed by atoms with Crippen molar-refractivity contribution in [2.75, 3.05) is 6.61 Å². The molecule has 1 aliphatic heterocycles. The number of aromatic hydroxyl groups is 2. The number of hydrogen-bond donors (Lipinski definition) is 2. The zero-order valence-corrected chi connectivity index (χ0v) is 14.8. The van der Waals surface area contributed by atoms with E-state index in [9.17, 15) is 10.2 Å². The van der Waals surface area contributed by atoms with Gasteiger partial charge in [-0.2, -0.15) is 0 Å². The second-order valence-corrected chi connectivity index (χ2v) is 5.96. The van der Waals surface area contributed by atoms with Crippen molar-refractivity contribution >= 4 is 0 Å². The van der Waals surface area contributed by atoms with Gasteiger partial charge in [0.2, 0.25) is 0 Å². The third-order valence-corrected chi connectivity index (χ3v) is 4.56. The summed E-state index contributed by atoms with van der Waals surface area (Å²) in [7, 11) is 0. The minimum Gasteiger partial charge on any atom is -0.508 e. The zero-order valence-electron chi connectivity index (χ0n) is 14.8. The molecular formula is C21H28O3. The van der Waals surface area contributed by atoms with Gasteiger partial charge in [-0.05, 0) is 54.2 Å². The van der Waals surface area contributed by atoms with Crippen molar-refractivity contribution < 1.29 is 14.9 Å². The van der Waals surface area contributed by atoms with E-state index in [0.717, 1.165) is 30.4 Å². The molecule has 130 valence electrons. The van der Waals surface area contributed by atoms with Crippen LogP contribution in [0, 0.1) is 5.92 Å². The van der Waals surface area contributed by atoms with Crippen molar-refractivity contribution in [1.82, 2.24) is 0 Å². The number of hydrogen-bond acceptors (Lipinski definition) is 3. The van der Waals surface area contributed by atoms with Crippen molar-refractivity contribution in [2.45, 2.75) is 45.6 Å². The zero-order chi connectivity index (χ0) is 17.6. The Labute approximate surface area is 144 Å². The van der Waals surface area contributed by atoms with Gasteiger partial charge < -0.3 is 14.9 Å². The molecule has 0 spiro atoms. The molecule has 2 N–H and O–H groups in total. The van der Waals surface area contributed by atoms with E-state index in [-0.39, 0.29) is 11.5 Å². The average Bonchev–Trinajstić information content (AvgIpc) is 3.02. The number of phenols is 2. The number of phenolic OH excluding ortho intramolecular Hbond substituents is 2. The van der Waals surface area contributed by atoms with Crippen LogP contribution in [-0.4, -0.2) is 16.8 Å². The molecule has 3 rings (SSSR count). The Balaban J connectivity index is 0.00000100. The normalized spacial score (nSPS) is 18.7. The first-order valence-electron chi connectivity index (χ1n) is 8.90. The highest BCUT2D eigenvalue weighted by Crippen LogP contribution is 2.49. The average molecular weight is 328 g/mol. The highest BCUT2D eigenvalue weighted by Gasteiger charge is 2.46. The van der Waals surface area contributed by atoms with E-state index in [1.54, 1.807) is 24.3 Å². The molecule has 0 aromatic heterocycles. The largest absolute Gasteiger partial charge is 0.508 e. The Morgan fingerprint density at radius 1 is 1.00 bits per heavy atom. The van der Waals surface area contributed by atoms with Gasteiger partial charge in [0.05, 0.1) is 0 Å². The Hall–Kier alpha value is -2.00. The second-order valence-electron chi connectivity index (χ2n) is 5.96. The summed E-state index contributed by atoms with van der Waals surface area (Å²) in [6.07, 6.45) is 3.11. The lowest BCUT2D eigenvalue weighted by Gasteiger charge is -2.36. The molecule has 2 aromatic carbocycles. The van der Waals surface area contributed by atoms with Crippen molar-refractivity contribution in [3.05, 3.63) is 59.7 Å². The summed E-state index contributed by atoms with van der Waals surface area (Å²) in [6.45, 7) is 6.87. The lowest BCUT2D eigenvalue weighted by Crippen LogP contribution is -2.34. The molecule has 0 aliphatic carbocycles. The Kier molecular flexibility index (Phi) is 6.27. The summed E-state index contributed by atoms with van der Waals surface area (Å²) < 4.78 is 6.27. The van der Waals surface area contributed by atoms with Crippen molar-refractivity contribution in [1.29, 1.82) is 0 Å². The van der Waals surface area contributed by atoms with Gasteiger partial charge in [0.25, 0.3) is 0 Å². The fourth-order valence-electron chi connectivity index (χ4n) is 3.66. The van der Waals surface area contributed by atoms with Gasteiger partial charge in [0.15, 0.2) is 0 Å². The molecule has 1 atom stereocenters. The van der Waals surface area contributed by atoms with Gasteiger partial charge in [-0.15, -0.1) is 0 Å². The van der Waals surface area contributed by atoms with Crippen LogP contribution < -0.4 is 0 Å². The lowest BCUT2D eigenvalue weighted by atomic mass is 9.74. The lowest BCUT2D eigenvalue weighted by molar-refractivity contribution is 0.00755. The molecule has 1 aliphatic rings. The van der Waals surface area contributed by atoms with Crippen LogP contribution in [0.1, 0.15) is 51.2 Å². The minimum atomic E-state index is -0.590. The van der Waals surface area contributed by atoms with Gasteiger partial charge in [-0.3, -0.25) is 0 Å². The quantitative estimate of drug-likeness (QED) is 0.810. The molecule has 1 saturated heterocycles. The predicted molar refractivity (Wildman–Crippen MR) is 97.3 cm³/mol. The maximum absolute atomic E-state index is 9.90. The number of rotatable bonds is 4. The molecule has 1 heterocycles. The summed E-state index contributed by atoms with van der Waals surface area (Å²) in [6, 6.07) is 14.6. The summed E-state index contributed by atoms with van der Waals surface area (Å²) in [5.74, 6) is 0.812. The van der Waals surface area contributed by atoms with Gasteiger partial charge >= 0.3 is 0 Å². The van der Waals surface area contributed by atoms with Gasteiger partial charge in [0.1, 0.15) is 17.1 Å². The maximum Gasteiger partial charge on any atom is 0.121 e. The van der Waals surface area contributed by atoms with Gasteiger partial charge in [-0.1, -0.05) is 51.5 Å². The molecule has 0 radical (unpaired) electrons. The monoisotopic (exact) mass is 328 g/mol. The van der Waals surface area contributed by atoms with Crippen molar-refractivity contribution in [2.24, 2.45) is 5.92 Å². The van der Waals surface area contributed by atoms with Crippen LogP contribution in [0.4, 0.5) is 0 Å². The topological polar surface area (TPSA) is 49.7 Å². The van der Waals surface area contributed by atoms with Crippen LogP contribution >= 0.6 is 0 Å². The molecule has 3 nitrogen and oxygen atoms in total. The highest BCUT2D eigenvalue weighted by atomic mass is 16.5.